The molecule has 3 N–H and O–H groups in total. The molecule has 0 atom stereocenters. The van der Waals surface area contributed by atoms with Gasteiger partial charge in [-0.3, -0.25) is 4.99 Å². The van der Waals surface area contributed by atoms with Gasteiger partial charge in [-0.25, -0.2) is 13.1 Å². The van der Waals surface area contributed by atoms with Crippen LogP contribution < -0.4 is 24.8 Å². The van der Waals surface area contributed by atoms with Gasteiger partial charge in [-0.15, -0.1) is 24.0 Å². The van der Waals surface area contributed by atoms with Gasteiger partial charge in [-0.2, -0.15) is 0 Å². The normalized spacial score (nSPS) is 12.2. The van der Waals surface area contributed by atoms with Crippen LogP contribution in [0.3, 0.4) is 0 Å². The van der Waals surface area contributed by atoms with Crippen molar-refractivity contribution in [2.24, 2.45) is 4.99 Å². The van der Waals surface area contributed by atoms with E-state index in [1.807, 2.05) is 18.2 Å². The number of rotatable bonds is 8. The number of sulfonamides is 1. The van der Waals surface area contributed by atoms with Crippen LogP contribution in [-0.2, 0) is 16.6 Å². The predicted octanol–water partition coefficient (Wildman–Crippen LogP) is 1.31. The Morgan fingerprint density at radius 3 is 2.27 bits per heavy atom. The van der Waals surface area contributed by atoms with Gasteiger partial charge in [0.2, 0.25) is 10.0 Å². The second-order valence-electron chi connectivity index (χ2n) is 6.23. The molecule has 0 saturated carbocycles. The minimum Gasteiger partial charge on any atom is -0.493 e. The van der Waals surface area contributed by atoms with E-state index in [2.05, 4.69) is 20.3 Å². The van der Waals surface area contributed by atoms with Crippen LogP contribution in [0.5, 0.6) is 11.5 Å². The number of hydrogen-bond donors (Lipinski definition) is 3. The standard InChI is InChI=1S/C16H28N4O4S.HI/c1-16(2,20-25(6,21)22)11-19-15(17-3)18-10-12-7-8-13(23-4)14(9-12)24-5;/h7-9,20H,10-11H2,1-6H3,(H2,17,18,19);1H. The van der Waals surface area contributed by atoms with Crippen LogP contribution in [0.1, 0.15) is 19.4 Å². The van der Waals surface area contributed by atoms with E-state index in [4.69, 9.17) is 9.47 Å². The molecule has 0 heterocycles. The summed E-state index contributed by atoms with van der Waals surface area (Å²) in [5.41, 5.74) is 0.350. The number of methoxy groups -OCH3 is 2. The maximum Gasteiger partial charge on any atom is 0.209 e. The monoisotopic (exact) mass is 500 g/mol. The lowest BCUT2D eigenvalue weighted by Gasteiger charge is -2.26. The van der Waals surface area contributed by atoms with Gasteiger partial charge < -0.3 is 20.1 Å². The topological polar surface area (TPSA) is 101 Å². The molecule has 0 aliphatic rings. The number of guanidine groups is 1. The lowest BCUT2D eigenvalue weighted by atomic mass is 10.1. The minimum atomic E-state index is -3.28. The van der Waals surface area contributed by atoms with E-state index < -0.39 is 15.6 Å². The van der Waals surface area contributed by atoms with Gasteiger partial charge in [0, 0.05) is 25.7 Å². The second kappa shape index (κ2) is 10.8. The first-order chi connectivity index (χ1) is 11.6. The molecule has 10 heteroatoms. The molecule has 0 amide bonds. The highest BCUT2D eigenvalue weighted by Gasteiger charge is 2.22. The number of benzene rings is 1. The zero-order valence-electron chi connectivity index (χ0n) is 16.0. The molecular formula is C16H29IN4O4S. The third-order valence-corrected chi connectivity index (χ3v) is 4.21. The third-order valence-electron chi connectivity index (χ3n) is 3.29. The highest BCUT2D eigenvalue weighted by Crippen LogP contribution is 2.27. The molecule has 1 aromatic rings. The minimum absolute atomic E-state index is 0. The molecule has 1 aromatic carbocycles. The number of nitrogens with one attached hydrogen (secondary N) is 3. The van der Waals surface area contributed by atoms with Gasteiger partial charge in [-0.1, -0.05) is 6.07 Å². The number of hydrogen-bond acceptors (Lipinski definition) is 5. The fourth-order valence-corrected chi connectivity index (χ4v) is 3.32. The molecule has 1 rings (SSSR count). The fourth-order valence-electron chi connectivity index (χ4n) is 2.24. The lowest BCUT2D eigenvalue weighted by molar-refractivity contribution is 0.354. The molecule has 0 bridgehead atoms. The Kier molecular flexibility index (Phi) is 10.2. The summed E-state index contributed by atoms with van der Waals surface area (Å²) < 4.78 is 35.8. The van der Waals surface area contributed by atoms with E-state index in [0.29, 0.717) is 30.5 Å². The number of nitrogens with zero attached hydrogens (tertiary/aromatic N) is 1. The fraction of sp³-hybridized carbons (Fsp3) is 0.562. The third kappa shape index (κ3) is 8.90. The first-order valence-corrected chi connectivity index (χ1v) is 9.63. The largest absolute Gasteiger partial charge is 0.493 e. The Morgan fingerprint density at radius 2 is 1.77 bits per heavy atom. The Bertz CT molecular complexity index is 708. The van der Waals surface area contributed by atoms with Crippen molar-refractivity contribution in [2.75, 3.05) is 34.1 Å². The SMILES string of the molecule is CN=C(NCc1ccc(OC)c(OC)c1)NCC(C)(C)NS(C)(=O)=O.I. The summed E-state index contributed by atoms with van der Waals surface area (Å²) >= 11 is 0. The summed E-state index contributed by atoms with van der Waals surface area (Å²) in [4.78, 5) is 4.14. The summed E-state index contributed by atoms with van der Waals surface area (Å²) in [6.07, 6.45) is 1.14. The Hall–Kier alpha value is -1.27. The van der Waals surface area contributed by atoms with Crippen LogP contribution in [-0.4, -0.2) is 54.0 Å². The van der Waals surface area contributed by atoms with E-state index in [1.165, 1.54) is 0 Å². The van der Waals surface area contributed by atoms with Crippen LogP contribution in [0.4, 0.5) is 0 Å². The van der Waals surface area contributed by atoms with Crippen molar-refractivity contribution in [3.05, 3.63) is 23.8 Å². The molecule has 150 valence electrons. The van der Waals surface area contributed by atoms with E-state index in [0.717, 1.165) is 11.8 Å². The summed E-state index contributed by atoms with van der Waals surface area (Å²) in [6, 6.07) is 5.65. The highest BCUT2D eigenvalue weighted by atomic mass is 127. The van der Waals surface area contributed by atoms with Crippen molar-refractivity contribution in [2.45, 2.75) is 25.9 Å². The smallest absolute Gasteiger partial charge is 0.209 e. The quantitative estimate of drug-likeness (QED) is 0.283. The average molecular weight is 500 g/mol. The van der Waals surface area contributed by atoms with Crippen LogP contribution in [0.25, 0.3) is 0 Å². The number of ether oxygens (including phenoxy) is 2. The van der Waals surface area contributed by atoms with Crippen molar-refractivity contribution in [1.29, 1.82) is 0 Å². The van der Waals surface area contributed by atoms with Gasteiger partial charge in [-0.05, 0) is 31.5 Å². The number of aliphatic imine (C=N–C) groups is 1. The zero-order valence-corrected chi connectivity index (χ0v) is 19.2. The first-order valence-electron chi connectivity index (χ1n) is 7.74. The van der Waals surface area contributed by atoms with Gasteiger partial charge in [0.25, 0.3) is 0 Å². The molecule has 0 spiro atoms. The molecule has 0 fully saturated rings. The zero-order chi connectivity index (χ0) is 19.1. The van der Waals surface area contributed by atoms with E-state index >= 15 is 0 Å². The van der Waals surface area contributed by atoms with Crippen LogP contribution in [0.15, 0.2) is 23.2 Å². The molecule has 0 aliphatic carbocycles. The summed E-state index contributed by atoms with van der Waals surface area (Å²) in [5.74, 6) is 1.89. The molecule has 0 radical (unpaired) electrons. The average Bonchev–Trinajstić information content (AvgIpc) is 2.52. The molecule has 0 saturated heterocycles. The summed E-state index contributed by atoms with van der Waals surface area (Å²) in [6.45, 7) is 4.50. The molecular weight excluding hydrogens is 471 g/mol. The summed E-state index contributed by atoms with van der Waals surface area (Å²) in [5, 5.41) is 6.28. The van der Waals surface area contributed by atoms with Gasteiger partial charge in [0.15, 0.2) is 17.5 Å². The van der Waals surface area contributed by atoms with Crippen molar-refractivity contribution >= 4 is 40.0 Å². The van der Waals surface area contributed by atoms with Crippen LogP contribution >= 0.6 is 24.0 Å². The second-order valence-corrected chi connectivity index (χ2v) is 7.98. The summed E-state index contributed by atoms with van der Waals surface area (Å²) in [7, 11) is 1.55. The Morgan fingerprint density at radius 1 is 1.15 bits per heavy atom. The van der Waals surface area contributed by atoms with Crippen molar-refractivity contribution in [3.63, 3.8) is 0 Å². The molecule has 0 aromatic heterocycles. The maximum atomic E-state index is 11.4. The van der Waals surface area contributed by atoms with Gasteiger partial charge in [0.1, 0.15) is 0 Å². The van der Waals surface area contributed by atoms with E-state index in [9.17, 15) is 8.42 Å². The predicted molar refractivity (Wildman–Crippen MR) is 115 cm³/mol. The van der Waals surface area contributed by atoms with E-state index in [1.54, 1.807) is 35.1 Å². The molecule has 0 aliphatic heterocycles. The molecule has 0 unspecified atom stereocenters. The highest BCUT2D eigenvalue weighted by molar-refractivity contribution is 14.0. The van der Waals surface area contributed by atoms with Crippen molar-refractivity contribution in [3.8, 4) is 11.5 Å². The maximum absolute atomic E-state index is 11.4. The molecule has 26 heavy (non-hydrogen) atoms. The first kappa shape index (κ1) is 24.7. The lowest BCUT2D eigenvalue weighted by Crippen LogP contribution is -2.52. The van der Waals surface area contributed by atoms with Crippen LogP contribution in [0.2, 0.25) is 0 Å². The van der Waals surface area contributed by atoms with Gasteiger partial charge >= 0.3 is 0 Å². The van der Waals surface area contributed by atoms with Gasteiger partial charge in [0.05, 0.1) is 20.5 Å². The Labute approximate surface area is 173 Å². The molecule has 8 nitrogen and oxygen atoms in total. The number of halogens is 1. The van der Waals surface area contributed by atoms with E-state index in [-0.39, 0.29) is 24.0 Å². The van der Waals surface area contributed by atoms with Crippen molar-refractivity contribution in [1.82, 2.24) is 15.4 Å². The van der Waals surface area contributed by atoms with Crippen LogP contribution in [0, 0.1) is 0 Å². The van der Waals surface area contributed by atoms with Crippen molar-refractivity contribution < 1.29 is 17.9 Å². The Balaban J connectivity index is 0.00000625.